The third-order valence-electron chi connectivity index (χ3n) is 1.07. The van der Waals surface area contributed by atoms with E-state index >= 15 is 0 Å². The molecule has 0 aromatic carbocycles. The largest absolute Gasteiger partial charge is 0.462 e. The number of hydrogen-bond acceptors (Lipinski definition) is 3. The normalized spacial score (nSPS) is 11.2. The predicted molar refractivity (Wildman–Crippen MR) is 45.1 cm³/mol. The zero-order chi connectivity index (χ0) is 9.40. The SMILES string of the molecule is C/C=C/C=C(\C#N)C(=O)OCC. The quantitative estimate of drug-likeness (QED) is 0.276. The molecule has 0 saturated heterocycles. The van der Waals surface area contributed by atoms with E-state index in [9.17, 15) is 4.79 Å². The Labute approximate surface area is 71.9 Å². The Bertz CT molecular complexity index is 246. The lowest BCUT2D eigenvalue weighted by Crippen LogP contribution is -2.05. The molecular weight excluding hydrogens is 154 g/mol. The van der Waals surface area contributed by atoms with Crippen molar-refractivity contribution >= 4 is 5.97 Å². The average Bonchev–Trinajstić information content (AvgIpc) is 2.06. The van der Waals surface area contributed by atoms with Crippen LogP contribution in [-0.4, -0.2) is 12.6 Å². The van der Waals surface area contributed by atoms with Gasteiger partial charge in [0.25, 0.3) is 0 Å². The average molecular weight is 165 g/mol. The number of carbonyl (C=O) groups excluding carboxylic acids is 1. The van der Waals surface area contributed by atoms with E-state index in [-0.39, 0.29) is 12.2 Å². The second kappa shape index (κ2) is 6.17. The van der Waals surface area contributed by atoms with E-state index in [1.165, 1.54) is 6.08 Å². The molecular formula is C9H11NO2. The molecule has 12 heavy (non-hydrogen) atoms. The van der Waals surface area contributed by atoms with Gasteiger partial charge in [0.2, 0.25) is 0 Å². The summed E-state index contributed by atoms with van der Waals surface area (Å²) in [6.07, 6.45) is 4.78. The van der Waals surface area contributed by atoms with Crippen molar-refractivity contribution in [2.24, 2.45) is 0 Å². The summed E-state index contributed by atoms with van der Waals surface area (Å²) in [5.74, 6) is -0.571. The van der Waals surface area contributed by atoms with Crippen molar-refractivity contribution in [2.45, 2.75) is 13.8 Å². The van der Waals surface area contributed by atoms with Crippen LogP contribution < -0.4 is 0 Å². The highest BCUT2D eigenvalue weighted by atomic mass is 16.5. The maximum Gasteiger partial charge on any atom is 0.348 e. The maximum absolute atomic E-state index is 10.9. The van der Waals surface area contributed by atoms with Gasteiger partial charge in [-0.1, -0.05) is 12.2 Å². The molecule has 0 rings (SSSR count). The molecule has 0 bridgehead atoms. The van der Waals surface area contributed by atoms with Crippen molar-refractivity contribution < 1.29 is 9.53 Å². The topological polar surface area (TPSA) is 50.1 Å². The molecule has 64 valence electrons. The first-order chi connectivity index (χ1) is 5.76. The zero-order valence-electron chi connectivity index (χ0n) is 7.20. The molecule has 0 unspecified atom stereocenters. The number of hydrogen-bond donors (Lipinski definition) is 0. The fourth-order valence-electron chi connectivity index (χ4n) is 0.552. The Morgan fingerprint density at radius 3 is 2.75 bits per heavy atom. The number of rotatable bonds is 3. The molecule has 0 heterocycles. The molecule has 0 N–H and O–H groups in total. The molecule has 0 atom stereocenters. The summed E-state index contributed by atoms with van der Waals surface area (Å²) in [6, 6.07) is 1.76. The molecule has 0 amide bonds. The molecule has 3 heteroatoms. The molecule has 0 aliphatic rings. The van der Waals surface area contributed by atoms with Crippen LogP contribution in [0.15, 0.2) is 23.8 Å². The Hall–Kier alpha value is -1.56. The molecule has 0 aromatic rings. The van der Waals surface area contributed by atoms with Crippen molar-refractivity contribution in [3.63, 3.8) is 0 Å². The second-order valence-corrected chi connectivity index (χ2v) is 1.94. The Morgan fingerprint density at radius 1 is 1.67 bits per heavy atom. The number of nitriles is 1. The fourth-order valence-corrected chi connectivity index (χ4v) is 0.552. The lowest BCUT2D eigenvalue weighted by atomic mass is 10.2. The van der Waals surface area contributed by atoms with Crippen molar-refractivity contribution in [3.8, 4) is 6.07 Å². The summed E-state index contributed by atoms with van der Waals surface area (Å²) in [5, 5.41) is 8.50. The number of esters is 1. The Kier molecular flexibility index (Phi) is 5.37. The predicted octanol–water partition coefficient (Wildman–Crippen LogP) is 1.58. The summed E-state index contributed by atoms with van der Waals surface area (Å²) in [5.41, 5.74) is 0.0231. The minimum Gasteiger partial charge on any atom is -0.462 e. The lowest BCUT2D eigenvalue weighted by Gasteiger charge is -1.96. The van der Waals surface area contributed by atoms with E-state index in [0.717, 1.165) is 0 Å². The molecule has 0 aromatic heterocycles. The van der Waals surface area contributed by atoms with Crippen LogP contribution in [0.4, 0.5) is 0 Å². The summed E-state index contributed by atoms with van der Waals surface area (Å²) in [7, 11) is 0. The van der Waals surface area contributed by atoms with Gasteiger partial charge in [0, 0.05) is 0 Å². The highest BCUT2D eigenvalue weighted by Gasteiger charge is 2.06. The van der Waals surface area contributed by atoms with Gasteiger partial charge in [-0.25, -0.2) is 4.79 Å². The Balaban J connectivity index is 4.37. The van der Waals surface area contributed by atoms with E-state index < -0.39 is 5.97 Å². The first kappa shape index (κ1) is 10.4. The molecule has 3 nitrogen and oxygen atoms in total. The lowest BCUT2D eigenvalue weighted by molar-refractivity contribution is -0.138. The summed E-state index contributed by atoms with van der Waals surface area (Å²) in [6.45, 7) is 3.78. The first-order valence-electron chi connectivity index (χ1n) is 3.66. The van der Waals surface area contributed by atoms with Gasteiger partial charge in [0.1, 0.15) is 11.6 Å². The molecule has 0 aliphatic heterocycles. The van der Waals surface area contributed by atoms with Crippen LogP contribution in [0.2, 0.25) is 0 Å². The van der Waals surface area contributed by atoms with Gasteiger partial charge in [-0.05, 0) is 19.9 Å². The van der Waals surface area contributed by atoms with Gasteiger partial charge >= 0.3 is 5.97 Å². The van der Waals surface area contributed by atoms with Crippen molar-refractivity contribution in [2.75, 3.05) is 6.61 Å². The van der Waals surface area contributed by atoms with Crippen LogP contribution in [0.3, 0.4) is 0 Å². The van der Waals surface area contributed by atoms with Crippen LogP contribution in [0, 0.1) is 11.3 Å². The molecule has 0 fully saturated rings. The van der Waals surface area contributed by atoms with Crippen LogP contribution in [-0.2, 0) is 9.53 Å². The van der Waals surface area contributed by atoms with Crippen LogP contribution in [0.1, 0.15) is 13.8 Å². The van der Waals surface area contributed by atoms with Gasteiger partial charge in [-0.2, -0.15) is 5.26 Å². The maximum atomic E-state index is 10.9. The zero-order valence-corrected chi connectivity index (χ0v) is 7.20. The van der Waals surface area contributed by atoms with Crippen LogP contribution in [0.5, 0.6) is 0 Å². The standard InChI is InChI=1S/C9H11NO2/c1-3-5-6-8(7-10)9(11)12-4-2/h3,5-6H,4H2,1-2H3/b5-3+,8-6+. The third-order valence-corrected chi connectivity index (χ3v) is 1.07. The number of carbonyl (C=O) groups is 1. The van der Waals surface area contributed by atoms with Crippen LogP contribution in [0.25, 0.3) is 0 Å². The highest BCUT2D eigenvalue weighted by molar-refractivity contribution is 5.93. The van der Waals surface area contributed by atoms with Crippen molar-refractivity contribution in [1.29, 1.82) is 5.26 Å². The van der Waals surface area contributed by atoms with E-state index in [1.54, 1.807) is 32.1 Å². The number of ether oxygens (including phenoxy) is 1. The molecule has 0 aliphatic carbocycles. The van der Waals surface area contributed by atoms with E-state index in [0.29, 0.717) is 0 Å². The minimum absolute atomic E-state index is 0.0231. The Morgan fingerprint density at radius 2 is 2.33 bits per heavy atom. The van der Waals surface area contributed by atoms with Gasteiger partial charge in [-0.15, -0.1) is 0 Å². The van der Waals surface area contributed by atoms with Crippen LogP contribution >= 0.6 is 0 Å². The van der Waals surface area contributed by atoms with Gasteiger partial charge in [-0.3, -0.25) is 0 Å². The van der Waals surface area contributed by atoms with Gasteiger partial charge in [0.15, 0.2) is 0 Å². The highest BCUT2D eigenvalue weighted by Crippen LogP contribution is 1.96. The number of nitrogens with zero attached hydrogens (tertiary/aromatic N) is 1. The smallest absolute Gasteiger partial charge is 0.348 e. The molecule has 0 saturated carbocycles. The van der Waals surface area contributed by atoms with E-state index in [1.807, 2.05) is 0 Å². The minimum atomic E-state index is -0.571. The summed E-state index contributed by atoms with van der Waals surface area (Å²) in [4.78, 5) is 10.9. The third kappa shape index (κ3) is 3.57. The monoisotopic (exact) mass is 165 g/mol. The number of allylic oxidation sites excluding steroid dienone is 3. The van der Waals surface area contributed by atoms with Gasteiger partial charge in [0.05, 0.1) is 6.61 Å². The fraction of sp³-hybridized carbons (Fsp3) is 0.333. The van der Waals surface area contributed by atoms with Gasteiger partial charge < -0.3 is 4.74 Å². The van der Waals surface area contributed by atoms with E-state index in [4.69, 9.17) is 5.26 Å². The summed E-state index contributed by atoms with van der Waals surface area (Å²) < 4.78 is 4.63. The van der Waals surface area contributed by atoms with E-state index in [2.05, 4.69) is 4.74 Å². The second-order valence-electron chi connectivity index (χ2n) is 1.94. The van der Waals surface area contributed by atoms with Crippen molar-refractivity contribution in [1.82, 2.24) is 0 Å². The van der Waals surface area contributed by atoms with Crippen molar-refractivity contribution in [3.05, 3.63) is 23.8 Å². The molecule has 0 radical (unpaired) electrons. The first-order valence-corrected chi connectivity index (χ1v) is 3.66. The molecule has 0 spiro atoms. The summed E-state index contributed by atoms with van der Waals surface area (Å²) >= 11 is 0.